The van der Waals surface area contributed by atoms with Crippen LogP contribution in [0.4, 0.5) is 5.69 Å². The van der Waals surface area contributed by atoms with Gasteiger partial charge in [0.15, 0.2) is 0 Å². The fraction of sp³-hybridized carbons (Fsp3) is 0.684. The Morgan fingerprint density at radius 3 is 2.67 bits per heavy atom. The van der Waals surface area contributed by atoms with Gasteiger partial charge in [0.1, 0.15) is 0 Å². The third-order valence-electron chi connectivity index (χ3n) is 4.69. The Kier molecular flexibility index (Phi) is 5.32. The van der Waals surface area contributed by atoms with Gasteiger partial charge in [-0.2, -0.15) is 0 Å². The molecule has 1 heterocycles. The van der Waals surface area contributed by atoms with Crippen LogP contribution in [0.5, 0.6) is 0 Å². The van der Waals surface area contributed by atoms with Gasteiger partial charge in [-0.3, -0.25) is 0 Å². The van der Waals surface area contributed by atoms with Crippen molar-refractivity contribution in [2.45, 2.75) is 66.0 Å². The number of fused-ring (bicyclic) bond motifs is 1. The summed E-state index contributed by atoms with van der Waals surface area (Å²) >= 11 is 0. The first kappa shape index (κ1) is 16.4. The standard InChI is InChI=1S/C19H32N2/c1-6-12-20-18(19(3,4)5)11-13-21-15(2)14-16-9-7-8-10-17(16)21/h7-10,15,18,20H,6,11-14H2,1-5H3. The summed E-state index contributed by atoms with van der Waals surface area (Å²) < 4.78 is 0. The summed E-state index contributed by atoms with van der Waals surface area (Å²) in [6, 6.07) is 10.1. The molecule has 1 aromatic carbocycles. The highest BCUT2D eigenvalue weighted by Crippen LogP contribution is 2.32. The van der Waals surface area contributed by atoms with Crippen LogP contribution in [0, 0.1) is 5.41 Å². The van der Waals surface area contributed by atoms with E-state index in [1.54, 1.807) is 0 Å². The highest BCUT2D eigenvalue weighted by molar-refractivity contribution is 5.59. The number of hydrogen-bond acceptors (Lipinski definition) is 2. The van der Waals surface area contributed by atoms with E-state index in [0.29, 0.717) is 17.5 Å². The van der Waals surface area contributed by atoms with E-state index in [-0.39, 0.29) is 0 Å². The van der Waals surface area contributed by atoms with Crippen LogP contribution in [-0.2, 0) is 6.42 Å². The van der Waals surface area contributed by atoms with E-state index in [0.717, 1.165) is 13.1 Å². The molecule has 0 radical (unpaired) electrons. The first-order valence-electron chi connectivity index (χ1n) is 8.51. The summed E-state index contributed by atoms with van der Waals surface area (Å²) in [5, 5.41) is 3.75. The number of nitrogens with one attached hydrogen (secondary N) is 1. The smallest absolute Gasteiger partial charge is 0.0402 e. The number of anilines is 1. The van der Waals surface area contributed by atoms with Crippen molar-refractivity contribution in [2.75, 3.05) is 18.0 Å². The molecule has 0 spiro atoms. The number of rotatable bonds is 6. The van der Waals surface area contributed by atoms with Crippen molar-refractivity contribution >= 4 is 5.69 Å². The van der Waals surface area contributed by atoms with Gasteiger partial charge in [-0.05, 0) is 49.8 Å². The first-order chi connectivity index (χ1) is 9.93. The second-order valence-electron chi connectivity index (χ2n) is 7.54. The van der Waals surface area contributed by atoms with Gasteiger partial charge in [0.25, 0.3) is 0 Å². The lowest BCUT2D eigenvalue weighted by atomic mass is 9.84. The summed E-state index contributed by atoms with van der Waals surface area (Å²) in [6.45, 7) is 13.9. The van der Waals surface area contributed by atoms with Gasteiger partial charge >= 0.3 is 0 Å². The third-order valence-corrected chi connectivity index (χ3v) is 4.69. The zero-order valence-electron chi connectivity index (χ0n) is 14.4. The van der Waals surface area contributed by atoms with Gasteiger partial charge in [0, 0.05) is 24.3 Å². The molecule has 118 valence electrons. The van der Waals surface area contributed by atoms with Crippen LogP contribution in [0.15, 0.2) is 24.3 Å². The minimum atomic E-state index is 0.317. The summed E-state index contributed by atoms with van der Waals surface area (Å²) in [5.74, 6) is 0. The molecule has 2 heteroatoms. The molecule has 2 nitrogen and oxygen atoms in total. The third kappa shape index (κ3) is 4.00. The molecule has 0 aliphatic carbocycles. The summed E-state index contributed by atoms with van der Waals surface area (Å²) in [6.07, 6.45) is 3.61. The van der Waals surface area contributed by atoms with Gasteiger partial charge < -0.3 is 10.2 Å². The Morgan fingerprint density at radius 2 is 2.00 bits per heavy atom. The maximum absolute atomic E-state index is 3.75. The van der Waals surface area contributed by atoms with Crippen molar-refractivity contribution in [3.8, 4) is 0 Å². The number of benzene rings is 1. The predicted octanol–water partition coefficient (Wildman–Crippen LogP) is 4.24. The Morgan fingerprint density at radius 1 is 1.29 bits per heavy atom. The molecule has 2 unspecified atom stereocenters. The van der Waals surface area contributed by atoms with Gasteiger partial charge in [-0.25, -0.2) is 0 Å². The van der Waals surface area contributed by atoms with Crippen LogP contribution < -0.4 is 10.2 Å². The molecule has 1 aliphatic heterocycles. The van der Waals surface area contributed by atoms with Crippen LogP contribution in [0.3, 0.4) is 0 Å². The highest BCUT2D eigenvalue weighted by Gasteiger charge is 2.28. The Balaban J connectivity index is 2.00. The zero-order chi connectivity index (χ0) is 15.5. The van der Waals surface area contributed by atoms with Crippen molar-refractivity contribution in [3.05, 3.63) is 29.8 Å². The van der Waals surface area contributed by atoms with Crippen molar-refractivity contribution in [1.82, 2.24) is 5.32 Å². The molecule has 21 heavy (non-hydrogen) atoms. The molecule has 0 aromatic heterocycles. The van der Waals surface area contributed by atoms with E-state index in [1.807, 2.05) is 0 Å². The summed E-state index contributed by atoms with van der Waals surface area (Å²) in [7, 11) is 0. The van der Waals surface area contributed by atoms with Gasteiger partial charge in [0.2, 0.25) is 0 Å². The molecule has 2 rings (SSSR count). The molecule has 0 amide bonds. The maximum atomic E-state index is 3.75. The lowest BCUT2D eigenvalue weighted by molar-refractivity contribution is 0.256. The normalized spacial score (nSPS) is 19.7. The SMILES string of the molecule is CCCNC(CCN1c2ccccc2CC1C)C(C)(C)C. The zero-order valence-corrected chi connectivity index (χ0v) is 14.4. The lowest BCUT2D eigenvalue weighted by Gasteiger charge is -2.34. The second-order valence-corrected chi connectivity index (χ2v) is 7.54. The van der Waals surface area contributed by atoms with Crippen LogP contribution in [0.2, 0.25) is 0 Å². The van der Waals surface area contributed by atoms with Gasteiger partial charge in [-0.1, -0.05) is 45.9 Å². The van der Waals surface area contributed by atoms with Crippen LogP contribution >= 0.6 is 0 Å². The van der Waals surface area contributed by atoms with Crippen molar-refractivity contribution < 1.29 is 0 Å². The van der Waals surface area contributed by atoms with Crippen LogP contribution in [0.1, 0.15) is 53.0 Å². The van der Waals surface area contributed by atoms with E-state index < -0.39 is 0 Å². The molecule has 0 saturated carbocycles. The number of nitrogens with zero attached hydrogens (tertiary/aromatic N) is 1. The first-order valence-corrected chi connectivity index (χ1v) is 8.51. The van der Waals surface area contributed by atoms with Crippen molar-refractivity contribution in [1.29, 1.82) is 0 Å². The molecule has 1 N–H and O–H groups in total. The van der Waals surface area contributed by atoms with Gasteiger partial charge in [0.05, 0.1) is 0 Å². The monoisotopic (exact) mass is 288 g/mol. The fourth-order valence-electron chi connectivity index (χ4n) is 3.40. The average molecular weight is 288 g/mol. The second kappa shape index (κ2) is 6.83. The molecule has 0 fully saturated rings. The Labute approximate surface area is 130 Å². The minimum absolute atomic E-state index is 0.317. The maximum Gasteiger partial charge on any atom is 0.0402 e. The fourth-order valence-corrected chi connectivity index (χ4v) is 3.40. The summed E-state index contributed by atoms with van der Waals surface area (Å²) in [4.78, 5) is 2.60. The Hall–Kier alpha value is -1.02. The molecular formula is C19H32N2. The summed E-state index contributed by atoms with van der Waals surface area (Å²) in [5.41, 5.74) is 3.28. The van der Waals surface area contributed by atoms with E-state index in [2.05, 4.69) is 69.1 Å². The molecular weight excluding hydrogens is 256 g/mol. The predicted molar refractivity (Wildman–Crippen MR) is 93.1 cm³/mol. The van der Waals surface area contributed by atoms with Crippen LogP contribution in [-0.4, -0.2) is 25.2 Å². The van der Waals surface area contributed by atoms with Crippen molar-refractivity contribution in [3.63, 3.8) is 0 Å². The quantitative estimate of drug-likeness (QED) is 0.842. The van der Waals surface area contributed by atoms with E-state index >= 15 is 0 Å². The number of hydrogen-bond donors (Lipinski definition) is 1. The van der Waals surface area contributed by atoms with Crippen molar-refractivity contribution in [2.24, 2.45) is 5.41 Å². The topological polar surface area (TPSA) is 15.3 Å². The van der Waals surface area contributed by atoms with E-state index in [1.165, 1.54) is 30.5 Å². The van der Waals surface area contributed by atoms with Gasteiger partial charge in [-0.15, -0.1) is 0 Å². The van der Waals surface area contributed by atoms with Crippen LogP contribution in [0.25, 0.3) is 0 Å². The minimum Gasteiger partial charge on any atom is -0.368 e. The lowest BCUT2D eigenvalue weighted by Crippen LogP contribution is -2.44. The molecule has 0 saturated heterocycles. The number of para-hydroxylation sites is 1. The van der Waals surface area contributed by atoms with E-state index in [4.69, 9.17) is 0 Å². The average Bonchev–Trinajstić information content (AvgIpc) is 2.73. The van der Waals surface area contributed by atoms with E-state index in [9.17, 15) is 0 Å². The largest absolute Gasteiger partial charge is 0.368 e. The molecule has 0 bridgehead atoms. The Bertz CT molecular complexity index is 447. The highest BCUT2D eigenvalue weighted by atomic mass is 15.2. The molecule has 2 atom stereocenters. The molecule has 1 aromatic rings. The molecule has 1 aliphatic rings.